The van der Waals surface area contributed by atoms with Crippen molar-refractivity contribution in [1.29, 1.82) is 0 Å². The molecule has 0 aliphatic rings. The van der Waals surface area contributed by atoms with Gasteiger partial charge in [-0.05, 0) is 32.9 Å². The summed E-state index contributed by atoms with van der Waals surface area (Å²) >= 11 is 0. The molecular formula is C18H19F3N6O3. The molecular weight excluding hydrogens is 405 g/mol. The maximum absolute atomic E-state index is 12.8. The molecule has 30 heavy (non-hydrogen) atoms. The third-order valence-corrected chi connectivity index (χ3v) is 3.87. The summed E-state index contributed by atoms with van der Waals surface area (Å²) in [5.74, 6) is -0.357. The van der Waals surface area contributed by atoms with Crippen molar-refractivity contribution in [1.82, 2.24) is 24.3 Å². The Bertz CT molecular complexity index is 1140. The summed E-state index contributed by atoms with van der Waals surface area (Å²) in [4.78, 5) is 32.7. The van der Waals surface area contributed by atoms with Crippen LogP contribution < -0.4 is 10.9 Å². The summed E-state index contributed by atoms with van der Waals surface area (Å²) in [6.45, 7) is 4.81. The molecule has 1 N–H and O–H groups in total. The van der Waals surface area contributed by atoms with Crippen molar-refractivity contribution < 1.29 is 22.7 Å². The predicted octanol–water partition coefficient (Wildman–Crippen LogP) is 2.63. The van der Waals surface area contributed by atoms with Gasteiger partial charge in [-0.2, -0.15) is 18.3 Å². The van der Waals surface area contributed by atoms with E-state index in [1.54, 1.807) is 20.8 Å². The minimum atomic E-state index is -4.50. The molecule has 160 valence electrons. The van der Waals surface area contributed by atoms with E-state index in [0.717, 1.165) is 16.7 Å². The molecule has 0 aliphatic heterocycles. The molecule has 0 bridgehead atoms. The average molecular weight is 424 g/mol. The number of halogens is 3. The van der Waals surface area contributed by atoms with Gasteiger partial charge in [-0.3, -0.25) is 18.8 Å². The summed E-state index contributed by atoms with van der Waals surface area (Å²) in [5, 5.41) is 6.90. The lowest BCUT2D eigenvalue weighted by atomic mass is 10.2. The van der Waals surface area contributed by atoms with Crippen molar-refractivity contribution in [2.75, 3.05) is 5.32 Å². The van der Waals surface area contributed by atoms with E-state index in [-0.39, 0.29) is 29.2 Å². The van der Waals surface area contributed by atoms with Crippen LogP contribution >= 0.6 is 0 Å². The highest BCUT2D eigenvalue weighted by molar-refractivity contribution is 5.87. The number of pyridine rings is 1. The van der Waals surface area contributed by atoms with Gasteiger partial charge in [0.15, 0.2) is 11.3 Å². The highest BCUT2D eigenvalue weighted by Gasteiger charge is 2.30. The van der Waals surface area contributed by atoms with Gasteiger partial charge in [0.1, 0.15) is 23.5 Å². The van der Waals surface area contributed by atoms with Crippen LogP contribution in [0, 0.1) is 0 Å². The van der Waals surface area contributed by atoms with Crippen LogP contribution in [0.25, 0.3) is 11.0 Å². The minimum Gasteiger partial charge on any atom is -0.459 e. The van der Waals surface area contributed by atoms with E-state index in [9.17, 15) is 22.8 Å². The first-order valence-electron chi connectivity index (χ1n) is 8.79. The molecule has 0 amide bonds. The lowest BCUT2D eigenvalue weighted by Crippen LogP contribution is -2.31. The largest absolute Gasteiger partial charge is 0.459 e. The molecule has 3 aromatic heterocycles. The lowest BCUT2D eigenvalue weighted by molar-refractivity contribution is -0.155. The van der Waals surface area contributed by atoms with E-state index in [1.807, 2.05) is 0 Å². The Morgan fingerprint density at radius 2 is 1.90 bits per heavy atom. The van der Waals surface area contributed by atoms with E-state index in [2.05, 4.69) is 20.4 Å². The van der Waals surface area contributed by atoms with Crippen LogP contribution in [0.3, 0.4) is 0 Å². The van der Waals surface area contributed by atoms with Crippen LogP contribution in [0.4, 0.5) is 24.8 Å². The Kier molecular flexibility index (Phi) is 5.27. The Morgan fingerprint density at radius 1 is 1.20 bits per heavy atom. The van der Waals surface area contributed by atoms with Gasteiger partial charge in [0.2, 0.25) is 0 Å². The molecule has 0 radical (unpaired) electrons. The molecule has 0 saturated heterocycles. The second-order valence-electron chi connectivity index (χ2n) is 7.49. The van der Waals surface area contributed by atoms with E-state index < -0.39 is 28.9 Å². The van der Waals surface area contributed by atoms with Crippen molar-refractivity contribution in [2.45, 2.75) is 39.1 Å². The van der Waals surface area contributed by atoms with E-state index in [4.69, 9.17) is 4.74 Å². The first-order valence-corrected chi connectivity index (χ1v) is 8.79. The monoisotopic (exact) mass is 424 g/mol. The van der Waals surface area contributed by atoms with Gasteiger partial charge < -0.3 is 10.1 Å². The Balaban J connectivity index is 1.89. The van der Waals surface area contributed by atoms with E-state index >= 15 is 0 Å². The third-order valence-electron chi connectivity index (χ3n) is 3.87. The lowest BCUT2D eigenvalue weighted by Gasteiger charge is -2.19. The van der Waals surface area contributed by atoms with Crippen molar-refractivity contribution in [2.24, 2.45) is 7.05 Å². The quantitative estimate of drug-likeness (QED) is 0.642. The zero-order valence-electron chi connectivity index (χ0n) is 16.6. The smallest absolute Gasteiger partial charge is 0.417 e. The molecule has 0 atom stereocenters. The number of carbonyl (C=O) groups is 1. The van der Waals surface area contributed by atoms with Crippen molar-refractivity contribution in [3.8, 4) is 0 Å². The minimum absolute atomic E-state index is 0.0998. The molecule has 0 unspecified atom stereocenters. The maximum atomic E-state index is 12.8. The molecule has 3 heterocycles. The maximum Gasteiger partial charge on any atom is 0.417 e. The third kappa shape index (κ3) is 4.58. The van der Waals surface area contributed by atoms with Gasteiger partial charge in [0.25, 0.3) is 5.56 Å². The number of aromatic nitrogens is 5. The molecule has 0 saturated carbocycles. The SMILES string of the molecule is Cn1nc(Nc2ccc(C(F)(F)F)cn2)c2ncn(CC(=O)OC(C)(C)C)c(=O)c21. The van der Waals surface area contributed by atoms with Gasteiger partial charge >= 0.3 is 12.1 Å². The number of anilines is 2. The Morgan fingerprint density at radius 3 is 2.47 bits per heavy atom. The number of nitrogens with zero attached hydrogens (tertiary/aromatic N) is 5. The Hall–Kier alpha value is -3.44. The van der Waals surface area contributed by atoms with Gasteiger partial charge in [-0.15, -0.1) is 0 Å². The highest BCUT2D eigenvalue weighted by Crippen LogP contribution is 2.29. The van der Waals surface area contributed by atoms with Crippen LogP contribution in [0.15, 0.2) is 29.5 Å². The van der Waals surface area contributed by atoms with E-state index in [0.29, 0.717) is 6.20 Å². The number of esters is 1. The van der Waals surface area contributed by atoms with Crippen LogP contribution in [-0.2, 0) is 29.3 Å². The summed E-state index contributed by atoms with van der Waals surface area (Å²) < 4.78 is 45.6. The predicted molar refractivity (Wildman–Crippen MR) is 101 cm³/mol. The first kappa shape index (κ1) is 21.3. The number of aryl methyl sites for hydroxylation is 1. The molecule has 0 aliphatic carbocycles. The molecule has 0 fully saturated rings. The average Bonchev–Trinajstić information content (AvgIpc) is 2.91. The molecule has 0 spiro atoms. The Labute approximate surface area is 168 Å². The van der Waals surface area contributed by atoms with Crippen LogP contribution in [0.1, 0.15) is 26.3 Å². The van der Waals surface area contributed by atoms with Gasteiger partial charge in [-0.1, -0.05) is 0 Å². The van der Waals surface area contributed by atoms with Crippen molar-refractivity contribution in [3.63, 3.8) is 0 Å². The number of ether oxygens (including phenoxy) is 1. The van der Waals surface area contributed by atoms with E-state index in [1.165, 1.54) is 18.1 Å². The highest BCUT2D eigenvalue weighted by atomic mass is 19.4. The number of carbonyl (C=O) groups excluding carboxylic acids is 1. The zero-order valence-corrected chi connectivity index (χ0v) is 16.6. The molecule has 3 rings (SSSR count). The topological polar surface area (TPSA) is 104 Å². The fraction of sp³-hybridized carbons (Fsp3) is 0.389. The first-order chi connectivity index (χ1) is 13.8. The van der Waals surface area contributed by atoms with Crippen LogP contribution in [-0.4, -0.2) is 35.9 Å². The number of rotatable bonds is 4. The fourth-order valence-electron chi connectivity index (χ4n) is 2.66. The number of nitrogens with one attached hydrogen (secondary N) is 1. The standard InChI is InChI=1S/C18H19F3N6O3/c1-17(2,3)30-12(28)8-27-9-23-13-14(16(27)29)26(4)25-15(13)24-11-6-5-10(7-22-11)18(19,20)21/h5-7,9H,8H2,1-4H3,(H,22,24,25). The second kappa shape index (κ2) is 7.43. The number of alkyl halides is 3. The fourth-order valence-corrected chi connectivity index (χ4v) is 2.66. The van der Waals surface area contributed by atoms with Crippen molar-refractivity contribution in [3.05, 3.63) is 40.6 Å². The normalized spacial score (nSPS) is 12.2. The van der Waals surface area contributed by atoms with Crippen molar-refractivity contribution >= 4 is 28.6 Å². The number of hydrogen-bond donors (Lipinski definition) is 1. The van der Waals surface area contributed by atoms with Gasteiger partial charge in [0.05, 0.1) is 11.9 Å². The van der Waals surface area contributed by atoms with Crippen LogP contribution in [0.5, 0.6) is 0 Å². The second-order valence-corrected chi connectivity index (χ2v) is 7.49. The molecule has 9 nitrogen and oxygen atoms in total. The number of fused-ring (bicyclic) bond motifs is 1. The summed E-state index contributed by atoms with van der Waals surface area (Å²) in [7, 11) is 1.51. The van der Waals surface area contributed by atoms with Gasteiger partial charge in [-0.25, -0.2) is 9.97 Å². The zero-order chi connectivity index (χ0) is 22.3. The molecule has 0 aromatic carbocycles. The van der Waals surface area contributed by atoms with Gasteiger partial charge in [0, 0.05) is 13.2 Å². The van der Waals surface area contributed by atoms with Crippen LogP contribution in [0.2, 0.25) is 0 Å². The summed E-state index contributed by atoms with van der Waals surface area (Å²) in [5.41, 5.74) is -1.81. The summed E-state index contributed by atoms with van der Waals surface area (Å²) in [6, 6.07) is 2.02. The molecule has 3 aromatic rings. The molecule has 12 heteroatoms. The summed E-state index contributed by atoms with van der Waals surface area (Å²) in [6.07, 6.45) is -2.62. The number of hydrogen-bond acceptors (Lipinski definition) is 7.